The van der Waals surface area contributed by atoms with E-state index in [1.807, 2.05) is 20.8 Å². The van der Waals surface area contributed by atoms with Crippen LogP contribution in [-0.4, -0.2) is 56.2 Å². The summed E-state index contributed by atoms with van der Waals surface area (Å²) in [5.74, 6) is 1.07. The molecule has 5 nitrogen and oxygen atoms in total. The maximum atomic E-state index is 5.83. The first-order chi connectivity index (χ1) is 10.7. The molecule has 1 rings (SSSR count). The fraction of sp³-hybridized carbons (Fsp3) is 0.846. The highest BCUT2D eigenvalue weighted by molar-refractivity contribution is 8.47. The van der Waals surface area contributed by atoms with Crippen LogP contribution in [0.3, 0.4) is 0 Å². The Morgan fingerprint density at radius 2 is 1.91 bits per heavy atom. The van der Waals surface area contributed by atoms with Crippen molar-refractivity contribution in [3.63, 3.8) is 0 Å². The third kappa shape index (κ3) is 7.76. The third-order valence-corrected chi connectivity index (χ3v) is 8.31. The van der Waals surface area contributed by atoms with Crippen LogP contribution < -0.4 is 5.32 Å². The highest BCUT2D eigenvalue weighted by Crippen LogP contribution is 2.23. The number of nitrogens with zero attached hydrogens (tertiary/aromatic N) is 1. The molecule has 0 aliphatic carbocycles. The molecule has 22 heavy (non-hydrogen) atoms. The molecule has 0 fully saturated rings. The van der Waals surface area contributed by atoms with E-state index in [0.717, 1.165) is 40.0 Å². The number of hydrogen-bond donors (Lipinski definition) is 1. The number of thioether (sulfide) groups is 2. The van der Waals surface area contributed by atoms with Gasteiger partial charge in [-0.05, 0) is 39.0 Å². The minimum Gasteiger partial charge on any atom is -0.374 e. The second kappa shape index (κ2) is 11.8. The normalized spacial score (nSPS) is 15.0. The van der Waals surface area contributed by atoms with E-state index in [1.54, 1.807) is 23.5 Å². The Morgan fingerprint density at radius 3 is 2.41 bits per heavy atom. The molecule has 0 aromatic rings. The van der Waals surface area contributed by atoms with Gasteiger partial charge in [0.05, 0.1) is 6.54 Å². The molecule has 1 N–H and O–H groups in total. The molecule has 0 amide bonds. The van der Waals surface area contributed by atoms with Gasteiger partial charge in [0.1, 0.15) is 8.70 Å². The summed E-state index contributed by atoms with van der Waals surface area (Å²) < 4.78 is 19.3. The molecule has 9 heteroatoms. The zero-order valence-corrected chi connectivity index (χ0v) is 17.0. The number of aliphatic imine (C=N–C) groups is 1. The summed E-state index contributed by atoms with van der Waals surface area (Å²) in [5.41, 5.74) is 0. The van der Waals surface area contributed by atoms with Crippen LogP contribution in [0.25, 0.3) is 0 Å². The fourth-order valence-corrected chi connectivity index (χ4v) is 6.86. The van der Waals surface area contributed by atoms with E-state index in [0.29, 0.717) is 19.8 Å². The van der Waals surface area contributed by atoms with Gasteiger partial charge in [0, 0.05) is 38.2 Å². The maximum Gasteiger partial charge on any atom is 0.500 e. The topological polar surface area (TPSA) is 52.1 Å². The van der Waals surface area contributed by atoms with Crippen LogP contribution in [0.4, 0.5) is 0 Å². The van der Waals surface area contributed by atoms with Crippen molar-refractivity contribution in [2.75, 3.05) is 38.7 Å². The van der Waals surface area contributed by atoms with E-state index in [4.69, 9.17) is 25.5 Å². The van der Waals surface area contributed by atoms with Crippen molar-refractivity contribution in [1.29, 1.82) is 0 Å². The van der Waals surface area contributed by atoms with Gasteiger partial charge in [0.25, 0.3) is 0 Å². The van der Waals surface area contributed by atoms with Gasteiger partial charge in [-0.3, -0.25) is 4.99 Å². The summed E-state index contributed by atoms with van der Waals surface area (Å²) in [7, 11) is -2.52. The van der Waals surface area contributed by atoms with Crippen LogP contribution in [0.2, 0.25) is 6.04 Å². The van der Waals surface area contributed by atoms with E-state index < -0.39 is 8.80 Å². The molecule has 0 aromatic carbocycles. The van der Waals surface area contributed by atoms with E-state index in [-0.39, 0.29) is 0 Å². The van der Waals surface area contributed by atoms with Crippen molar-refractivity contribution >= 4 is 53.2 Å². The molecule has 0 atom stereocenters. The lowest BCUT2D eigenvalue weighted by atomic mass is 10.5. The van der Waals surface area contributed by atoms with Crippen molar-refractivity contribution < 1.29 is 13.3 Å². The monoisotopic (exact) mass is 382 g/mol. The minimum atomic E-state index is -2.52. The van der Waals surface area contributed by atoms with E-state index in [9.17, 15) is 0 Å². The van der Waals surface area contributed by atoms with E-state index >= 15 is 0 Å². The molecule has 1 heterocycles. The Labute approximate surface area is 148 Å². The summed E-state index contributed by atoms with van der Waals surface area (Å²) in [6.07, 6.45) is 0.909. The molecule has 128 valence electrons. The summed E-state index contributed by atoms with van der Waals surface area (Å²) in [5, 5.41) is 3.26. The van der Waals surface area contributed by atoms with Gasteiger partial charge < -0.3 is 18.6 Å². The molecule has 0 spiro atoms. The SMILES string of the molecule is CCO[Si](CCCNC(=S)SC1=NCCS1)(OCC)OCC. The molecule has 0 saturated heterocycles. The van der Waals surface area contributed by atoms with Crippen LogP contribution in [0.1, 0.15) is 27.2 Å². The highest BCUT2D eigenvalue weighted by atomic mass is 32.2. The largest absolute Gasteiger partial charge is 0.500 e. The molecule has 0 saturated carbocycles. The zero-order chi connectivity index (χ0) is 16.3. The average Bonchev–Trinajstić information content (AvgIpc) is 2.97. The van der Waals surface area contributed by atoms with Crippen molar-refractivity contribution in [3.8, 4) is 0 Å². The number of hydrogen-bond acceptors (Lipinski definition) is 7. The Kier molecular flexibility index (Phi) is 11.0. The van der Waals surface area contributed by atoms with Crippen LogP contribution in [-0.2, 0) is 13.3 Å². The number of thiocarbonyl (C=S) groups is 1. The summed E-state index contributed by atoms with van der Waals surface area (Å²) >= 11 is 8.64. The Balaban J connectivity index is 2.30. The minimum absolute atomic E-state index is 0.616. The molecular weight excluding hydrogens is 356 g/mol. The lowest BCUT2D eigenvalue weighted by Gasteiger charge is -2.28. The number of nitrogens with one attached hydrogen (secondary N) is 1. The molecular formula is C13H26N2O3S3Si. The van der Waals surface area contributed by atoms with Crippen LogP contribution in [0.15, 0.2) is 4.99 Å². The predicted molar refractivity (Wildman–Crippen MR) is 103 cm³/mol. The maximum absolute atomic E-state index is 5.83. The Bertz CT molecular complexity index is 355. The second-order valence-corrected chi connectivity index (χ2v) is 10.1. The van der Waals surface area contributed by atoms with Crippen LogP contribution in [0, 0.1) is 0 Å². The van der Waals surface area contributed by atoms with Crippen LogP contribution in [0.5, 0.6) is 0 Å². The fourth-order valence-electron chi connectivity index (χ4n) is 1.99. The standard InChI is InChI=1S/C13H26N2O3S3Si/c1-4-16-22(17-5-2,18-6-3)11-7-8-14-12(19)21-13-15-9-10-20-13/h4-11H2,1-3H3,(H,14,19). The quantitative estimate of drug-likeness (QED) is 0.354. The second-order valence-electron chi connectivity index (χ2n) is 4.40. The molecule has 1 aliphatic heterocycles. The van der Waals surface area contributed by atoms with Gasteiger partial charge >= 0.3 is 8.80 Å². The van der Waals surface area contributed by atoms with Crippen molar-refractivity contribution in [3.05, 3.63) is 0 Å². The highest BCUT2D eigenvalue weighted by Gasteiger charge is 2.39. The van der Waals surface area contributed by atoms with Gasteiger partial charge in [-0.15, -0.1) is 0 Å². The smallest absolute Gasteiger partial charge is 0.374 e. The lowest BCUT2D eigenvalue weighted by Crippen LogP contribution is -2.46. The molecule has 0 radical (unpaired) electrons. The van der Waals surface area contributed by atoms with Gasteiger partial charge in [-0.1, -0.05) is 24.0 Å². The summed E-state index contributed by atoms with van der Waals surface area (Å²) in [6.45, 7) is 9.48. The first-order valence-corrected chi connectivity index (χ1v) is 11.8. The molecule has 0 bridgehead atoms. The molecule has 0 unspecified atom stereocenters. The van der Waals surface area contributed by atoms with Crippen LogP contribution >= 0.6 is 35.7 Å². The van der Waals surface area contributed by atoms with E-state index in [1.165, 1.54) is 0 Å². The lowest BCUT2D eigenvalue weighted by molar-refractivity contribution is 0.0709. The Hall–Kier alpha value is 0.357. The van der Waals surface area contributed by atoms with Gasteiger partial charge in [0.15, 0.2) is 0 Å². The summed E-state index contributed by atoms with van der Waals surface area (Å²) in [6, 6.07) is 0.804. The van der Waals surface area contributed by atoms with Gasteiger partial charge in [0.2, 0.25) is 0 Å². The first-order valence-electron chi connectivity index (χ1n) is 7.70. The van der Waals surface area contributed by atoms with Gasteiger partial charge in [-0.2, -0.15) is 0 Å². The predicted octanol–water partition coefficient (Wildman–Crippen LogP) is 3.14. The van der Waals surface area contributed by atoms with E-state index in [2.05, 4.69) is 10.3 Å². The summed E-state index contributed by atoms with van der Waals surface area (Å²) in [4.78, 5) is 4.38. The van der Waals surface area contributed by atoms with Crippen molar-refractivity contribution in [2.45, 2.75) is 33.2 Å². The van der Waals surface area contributed by atoms with Crippen molar-refractivity contribution in [2.24, 2.45) is 4.99 Å². The zero-order valence-electron chi connectivity index (χ0n) is 13.6. The van der Waals surface area contributed by atoms with Gasteiger partial charge in [-0.25, -0.2) is 0 Å². The Morgan fingerprint density at radius 1 is 1.27 bits per heavy atom. The third-order valence-electron chi connectivity index (χ3n) is 2.76. The number of rotatable bonds is 10. The molecule has 0 aromatic heterocycles. The molecule has 1 aliphatic rings. The average molecular weight is 383 g/mol. The first kappa shape index (κ1) is 20.4. The van der Waals surface area contributed by atoms with Crippen molar-refractivity contribution in [1.82, 2.24) is 5.32 Å².